The van der Waals surface area contributed by atoms with Crippen LogP contribution in [0, 0.1) is 29.6 Å². The van der Waals surface area contributed by atoms with E-state index in [0.29, 0.717) is 18.1 Å². The van der Waals surface area contributed by atoms with Gasteiger partial charge < -0.3 is 5.32 Å². The second-order valence-electron chi connectivity index (χ2n) is 2.61. The van der Waals surface area contributed by atoms with Crippen molar-refractivity contribution >= 4 is 5.82 Å². The van der Waals surface area contributed by atoms with E-state index in [0.717, 1.165) is 0 Å². The van der Waals surface area contributed by atoms with Crippen LogP contribution in [-0.4, -0.2) is 16.5 Å². The van der Waals surface area contributed by atoms with Crippen molar-refractivity contribution in [3.63, 3.8) is 0 Å². The van der Waals surface area contributed by atoms with E-state index in [2.05, 4.69) is 15.3 Å². The van der Waals surface area contributed by atoms with Crippen molar-refractivity contribution in [1.82, 2.24) is 9.97 Å². The molecule has 5 nitrogen and oxygen atoms in total. The lowest BCUT2D eigenvalue weighted by atomic mass is 10.3. The van der Waals surface area contributed by atoms with Gasteiger partial charge in [-0.05, 0) is 13.8 Å². The Balaban J connectivity index is 3.27. The molecule has 0 saturated carbocycles. The van der Waals surface area contributed by atoms with Crippen LogP contribution in [0.1, 0.15) is 24.0 Å². The molecule has 1 N–H and O–H groups in total. The minimum absolute atomic E-state index is 0.0639. The molecule has 1 aromatic heterocycles. The molecular weight excluding hydrogens is 178 g/mol. The standard InChI is InChI=1S/C9H9N5/c1-3-12-9-6(2)13-7(4-10)8(5-11)14-9/h3H2,1-2H3,(H,12,14). The fraction of sp³-hybridized carbons (Fsp3) is 0.333. The van der Waals surface area contributed by atoms with Crippen LogP contribution in [0.2, 0.25) is 0 Å². The Morgan fingerprint density at radius 1 is 1.21 bits per heavy atom. The molecule has 14 heavy (non-hydrogen) atoms. The monoisotopic (exact) mass is 187 g/mol. The molecule has 0 fully saturated rings. The van der Waals surface area contributed by atoms with E-state index < -0.39 is 0 Å². The van der Waals surface area contributed by atoms with Gasteiger partial charge in [-0.3, -0.25) is 0 Å². The zero-order valence-electron chi connectivity index (χ0n) is 8.00. The molecule has 1 aromatic rings. The van der Waals surface area contributed by atoms with Crippen LogP contribution < -0.4 is 5.32 Å². The number of rotatable bonds is 2. The van der Waals surface area contributed by atoms with Crippen LogP contribution >= 0.6 is 0 Å². The van der Waals surface area contributed by atoms with E-state index in [1.54, 1.807) is 6.92 Å². The quantitative estimate of drug-likeness (QED) is 0.745. The third kappa shape index (κ3) is 1.78. The van der Waals surface area contributed by atoms with Crippen molar-refractivity contribution < 1.29 is 0 Å². The Kier molecular flexibility index (Phi) is 2.98. The number of aryl methyl sites for hydroxylation is 1. The highest BCUT2D eigenvalue weighted by atomic mass is 15.0. The molecule has 0 radical (unpaired) electrons. The number of nitriles is 2. The molecule has 0 bridgehead atoms. The van der Waals surface area contributed by atoms with E-state index in [1.165, 1.54) is 0 Å². The highest BCUT2D eigenvalue weighted by molar-refractivity contribution is 5.46. The molecule has 0 aliphatic carbocycles. The van der Waals surface area contributed by atoms with Gasteiger partial charge in [0.05, 0.1) is 5.69 Å². The van der Waals surface area contributed by atoms with E-state index in [1.807, 2.05) is 19.1 Å². The summed E-state index contributed by atoms with van der Waals surface area (Å²) in [6.07, 6.45) is 0. The summed E-state index contributed by atoms with van der Waals surface area (Å²) in [7, 11) is 0. The maximum Gasteiger partial charge on any atom is 0.179 e. The number of aromatic nitrogens is 2. The lowest BCUT2D eigenvalue weighted by molar-refractivity contribution is 1.04. The maximum absolute atomic E-state index is 8.70. The fourth-order valence-corrected chi connectivity index (χ4v) is 1.01. The fourth-order valence-electron chi connectivity index (χ4n) is 1.01. The van der Waals surface area contributed by atoms with E-state index >= 15 is 0 Å². The molecule has 1 rings (SSSR count). The van der Waals surface area contributed by atoms with Gasteiger partial charge in [-0.2, -0.15) is 10.5 Å². The van der Waals surface area contributed by atoms with Gasteiger partial charge in [0.15, 0.2) is 11.4 Å². The van der Waals surface area contributed by atoms with Crippen LogP contribution in [0.4, 0.5) is 5.82 Å². The smallest absolute Gasteiger partial charge is 0.179 e. The van der Waals surface area contributed by atoms with Gasteiger partial charge in [0.2, 0.25) is 0 Å². The second kappa shape index (κ2) is 4.20. The van der Waals surface area contributed by atoms with Crippen LogP contribution in [0.25, 0.3) is 0 Å². The van der Waals surface area contributed by atoms with Crippen LogP contribution in [-0.2, 0) is 0 Å². The van der Waals surface area contributed by atoms with Gasteiger partial charge in [-0.1, -0.05) is 0 Å². The summed E-state index contributed by atoms with van der Waals surface area (Å²) in [5, 5.41) is 20.3. The van der Waals surface area contributed by atoms with Gasteiger partial charge in [0.25, 0.3) is 0 Å². The van der Waals surface area contributed by atoms with Crippen molar-refractivity contribution in [2.45, 2.75) is 13.8 Å². The van der Waals surface area contributed by atoms with Crippen molar-refractivity contribution in [2.75, 3.05) is 11.9 Å². The SMILES string of the molecule is CCNc1nc(C#N)c(C#N)nc1C. The Labute approximate surface area is 82.0 Å². The molecule has 0 saturated heterocycles. The van der Waals surface area contributed by atoms with Crippen molar-refractivity contribution in [1.29, 1.82) is 10.5 Å². The van der Waals surface area contributed by atoms with Gasteiger partial charge in [-0.25, -0.2) is 9.97 Å². The van der Waals surface area contributed by atoms with Crippen LogP contribution in [0.3, 0.4) is 0 Å². The lowest BCUT2D eigenvalue weighted by Crippen LogP contribution is -2.06. The molecule has 0 spiro atoms. The Hall–Kier alpha value is -2.14. The predicted molar refractivity (Wildman–Crippen MR) is 50.4 cm³/mol. The van der Waals surface area contributed by atoms with Crippen LogP contribution in [0.5, 0.6) is 0 Å². The van der Waals surface area contributed by atoms with Crippen LogP contribution in [0.15, 0.2) is 0 Å². The van der Waals surface area contributed by atoms with Gasteiger partial charge in [-0.15, -0.1) is 0 Å². The van der Waals surface area contributed by atoms with Gasteiger partial charge in [0, 0.05) is 6.54 Å². The first-order chi connectivity index (χ1) is 6.72. The molecule has 70 valence electrons. The number of nitrogens with one attached hydrogen (secondary N) is 1. The first-order valence-electron chi connectivity index (χ1n) is 4.15. The molecule has 1 heterocycles. The maximum atomic E-state index is 8.70. The third-order valence-corrected chi connectivity index (χ3v) is 1.63. The van der Waals surface area contributed by atoms with E-state index in [4.69, 9.17) is 10.5 Å². The summed E-state index contributed by atoms with van der Waals surface area (Å²) >= 11 is 0. The first-order valence-corrected chi connectivity index (χ1v) is 4.15. The number of anilines is 1. The molecule has 5 heteroatoms. The average Bonchev–Trinajstić information content (AvgIpc) is 2.20. The zero-order valence-corrected chi connectivity index (χ0v) is 8.00. The topological polar surface area (TPSA) is 85.4 Å². The van der Waals surface area contributed by atoms with E-state index in [-0.39, 0.29) is 11.4 Å². The Morgan fingerprint density at radius 3 is 2.29 bits per heavy atom. The van der Waals surface area contributed by atoms with E-state index in [9.17, 15) is 0 Å². The lowest BCUT2D eigenvalue weighted by Gasteiger charge is -2.05. The molecule has 0 atom stereocenters. The third-order valence-electron chi connectivity index (χ3n) is 1.63. The van der Waals surface area contributed by atoms with Crippen molar-refractivity contribution in [3.8, 4) is 12.1 Å². The highest BCUT2D eigenvalue weighted by Crippen LogP contribution is 2.11. The zero-order chi connectivity index (χ0) is 10.6. The number of hydrogen-bond acceptors (Lipinski definition) is 5. The minimum atomic E-state index is 0.0639. The summed E-state index contributed by atoms with van der Waals surface area (Å²) in [6, 6.07) is 3.67. The van der Waals surface area contributed by atoms with Gasteiger partial charge in [0.1, 0.15) is 18.0 Å². The second-order valence-corrected chi connectivity index (χ2v) is 2.61. The Morgan fingerprint density at radius 2 is 1.79 bits per heavy atom. The number of nitrogens with zero attached hydrogens (tertiary/aromatic N) is 4. The molecule has 0 unspecified atom stereocenters. The average molecular weight is 187 g/mol. The predicted octanol–water partition coefficient (Wildman–Crippen LogP) is 0.960. The summed E-state index contributed by atoms with van der Waals surface area (Å²) in [4.78, 5) is 7.97. The largest absolute Gasteiger partial charge is 0.369 e. The van der Waals surface area contributed by atoms with Crippen molar-refractivity contribution in [3.05, 3.63) is 17.1 Å². The molecular formula is C9H9N5. The Bertz CT molecular complexity index is 424. The molecule has 0 aliphatic rings. The summed E-state index contributed by atoms with van der Waals surface area (Å²) in [5.41, 5.74) is 0.767. The summed E-state index contributed by atoms with van der Waals surface area (Å²) < 4.78 is 0. The first kappa shape index (κ1) is 9.94. The summed E-state index contributed by atoms with van der Waals surface area (Å²) in [6.45, 7) is 4.37. The molecule has 0 aliphatic heterocycles. The molecule has 0 aromatic carbocycles. The normalized spacial score (nSPS) is 8.86. The number of hydrogen-bond donors (Lipinski definition) is 1. The molecule has 0 amide bonds. The minimum Gasteiger partial charge on any atom is -0.369 e. The van der Waals surface area contributed by atoms with Gasteiger partial charge >= 0.3 is 0 Å². The summed E-state index contributed by atoms with van der Waals surface area (Å²) in [5.74, 6) is 0.558. The highest BCUT2D eigenvalue weighted by Gasteiger charge is 2.09. The van der Waals surface area contributed by atoms with Crippen molar-refractivity contribution in [2.24, 2.45) is 0 Å².